The van der Waals surface area contributed by atoms with Crippen LogP contribution in [0.25, 0.3) is 10.9 Å². The number of aromatic nitrogens is 1. The number of carbonyl (C=O) groups excluding carboxylic acids is 1. The lowest BCUT2D eigenvalue weighted by atomic mass is 9.87. The monoisotopic (exact) mass is 286 g/mol. The largest absolute Gasteiger partial charge is 0.361 e. The van der Waals surface area contributed by atoms with E-state index in [1.807, 2.05) is 30.3 Å². The van der Waals surface area contributed by atoms with Crippen molar-refractivity contribution >= 4 is 16.8 Å². The molecule has 2 rings (SSSR count). The van der Waals surface area contributed by atoms with Gasteiger partial charge in [-0.25, -0.2) is 0 Å². The third kappa shape index (κ3) is 3.46. The first-order valence-electron chi connectivity index (χ1n) is 7.61. The number of H-pyrrole nitrogens is 1. The van der Waals surface area contributed by atoms with Crippen LogP contribution in [0.15, 0.2) is 30.5 Å². The van der Waals surface area contributed by atoms with E-state index in [0.717, 1.165) is 11.9 Å². The second-order valence-electron chi connectivity index (χ2n) is 6.91. The molecular formula is C18H26N2O. The van der Waals surface area contributed by atoms with Crippen LogP contribution < -0.4 is 0 Å². The Labute approximate surface area is 127 Å². The molecule has 0 unspecified atom stereocenters. The maximum absolute atomic E-state index is 12.4. The molecule has 0 radical (unpaired) electrons. The number of rotatable bonds is 4. The minimum absolute atomic E-state index is 0.102. The predicted molar refractivity (Wildman–Crippen MR) is 88.3 cm³/mol. The van der Waals surface area contributed by atoms with E-state index >= 15 is 0 Å². The van der Waals surface area contributed by atoms with Crippen molar-refractivity contribution < 1.29 is 4.79 Å². The average molecular weight is 286 g/mol. The average Bonchev–Trinajstić information content (AvgIpc) is 2.85. The highest BCUT2D eigenvalue weighted by atomic mass is 16.2. The summed E-state index contributed by atoms with van der Waals surface area (Å²) in [5.41, 5.74) is 2.46. The topological polar surface area (TPSA) is 36.1 Å². The number of carbonyl (C=O) groups is 1. The van der Waals surface area contributed by atoms with Gasteiger partial charge < -0.3 is 9.88 Å². The molecule has 0 aliphatic carbocycles. The number of nitrogens with zero attached hydrogens (tertiary/aromatic N) is 1. The van der Waals surface area contributed by atoms with E-state index in [0.29, 0.717) is 6.42 Å². The van der Waals surface area contributed by atoms with E-state index in [9.17, 15) is 4.79 Å². The summed E-state index contributed by atoms with van der Waals surface area (Å²) in [6.45, 7) is 8.62. The van der Waals surface area contributed by atoms with Crippen LogP contribution >= 0.6 is 0 Å². The van der Waals surface area contributed by atoms with E-state index < -0.39 is 0 Å². The molecule has 1 amide bonds. The third-order valence-corrected chi connectivity index (χ3v) is 4.51. The Morgan fingerprint density at radius 2 is 1.95 bits per heavy atom. The van der Waals surface area contributed by atoms with Gasteiger partial charge in [0.1, 0.15) is 0 Å². The normalized spacial score (nSPS) is 13.4. The van der Waals surface area contributed by atoms with Crippen LogP contribution in [0.3, 0.4) is 0 Å². The number of amides is 1. The van der Waals surface area contributed by atoms with Crippen LogP contribution in [0.1, 0.15) is 39.7 Å². The molecule has 0 saturated carbocycles. The van der Waals surface area contributed by atoms with Crippen LogP contribution in [0, 0.1) is 5.41 Å². The van der Waals surface area contributed by atoms with Gasteiger partial charge in [-0.3, -0.25) is 4.79 Å². The molecule has 3 heteroatoms. The number of aromatic amines is 1. The van der Waals surface area contributed by atoms with Crippen molar-refractivity contribution in [3.8, 4) is 0 Å². The Hall–Kier alpha value is -1.77. The van der Waals surface area contributed by atoms with Crippen LogP contribution in [0.4, 0.5) is 0 Å². The molecule has 0 saturated heterocycles. The smallest absolute Gasteiger partial charge is 0.222 e. The highest BCUT2D eigenvalue weighted by Crippen LogP contribution is 2.24. The van der Waals surface area contributed by atoms with E-state index in [1.165, 1.54) is 10.9 Å². The van der Waals surface area contributed by atoms with Gasteiger partial charge in [-0.1, -0.05) is 39.0 Å². The van der Waals surface area contributed by atoms with Crippen molar-refractivity contribution in [2.24, 2.45) is 5.41 Å². The summed E-state index contributed by atoms with van der Waals surface area (Å²) in [6, 6.07) is 8.46. The molecule has 0 bridgehead atoms. The number of fused-ring (bicyclic) bond motifs is 1. The zero-order chi connectivity index (χ0) is 15.6. The van der Waals surface area contributed by atoms with Gasteiger partial charge in [-0.2, -0.15) is 0 Å². The molecule has 114 valence electrons. The van der Waals surface area contributed by atoms with Crippen LogP contribution in [-0.2, 0) is 11.2 Å². The van der Waals surface area contributed by atoms with Gasteiger partial charge in [-0.15, -0.1) is 0 Å². The maximum atomic E-state index is 12.4. The number of aryl methyl sites for hydroxylation is 1. The number of benzene rings is 1. The van der Waals surface area contributed by atoms with Crippen LogP contribution in [-0.4, -0.2) is 28.9 Å². The van der Waals surface area contributed by atoms with Crippen molar-refractivity contribution in [1.82, 2.24) is 9.88 Å². The second kappa shape index (κ2) is 5.92. The first-order chi connectivity index (χ1) is 9.80. The predicted octanol–water partition coefficient (Wildman–Crippen LogP) is 3.99. The summed E-state index contributed by atoms with van der Waals surface area (Å²) in [6.07, 6.45) is 3.36. The van der Waals surface area contributed by atoms with E-state index in [4.69, 9.17) is 0 Å². The fraction of sp³-hybridized carbons (Fsp3) is 0.500. The lowest BCUT2D eigenvalue weighted by Crippen LogP contribution is -2.43. The molecule has 2 aromatic rings. The third-order valence-electron chi connectivity index (χ3n) is 4.51. The summed E-state index contributed by atoms with van der Waals surface area (Å²) < 4.78 is 0. The molecule has 3 nitrogen and oxygen atoms in total. The Kier molecular flexibility index (Phi) is 4.40. The zero-order valence-corrected chi connectivity index (χ0v) is 13.7. The van der Waals surface area contributed by atoms with Gasteiger partial charge in [-0.05, 0) is 30.4 Å². The quantitative estimate of drug-likeness (QED) is 0.906. The first-order valence-corrected chi connectivity index (χ1v) is 7.61. The lowest BCUT2D eigenvalue weighted by molar-refractivity contribution is -0.133. The summed E-state index contributed by atoms with van der Waals surface area (Å²) >= 11 is 0. The minimum Gasteiger partial charge on any atom is -0.361 e. The number of para-hydroxylation sites is 1. The molecule has 0 aliphatic heterocycles. The van der Waals surface area contributed by atoms with Crippen LogP contribution in [0.5, 0.6) is 0 Å². The Morgan fingerprint density at radius 1 is 1.29 bits per heavy atom. The molecule has 21 heavy (non-hydrogen) atoms. The molecular weight excluding hydrogens is 260 g/mol. The maximum Gasteiger partial charge on any atom is 0.222 e. The summed E-state index contributed by atoms with van der Waals surface area (Å²) in [4.78, 5) is 17.5. The van der Waals surface area contributed by atoms with E-state index in [-0.39, 0.29) is 17.4 Å². The molecule has 0 fully saturated rings. The Bertz CT molecular complexity index is 621. The fourth-order valence-corrected chi connectivity index (χ4v) is 2.55. The summed E-state index contributed by atoms with van der Waals surface area (Å²) in [7, 11) is 1.91. The first kappa shape index (κ1) is 15.6. The molecule has 1 aromatic heterocycles. The number of hydrogen-bond acceptors (Lipinski definition) is 1. The van der Waals surface area contributed by atoms with Crippen molar-refractivity contribution in [3.05, 3.63) is 36.0 Å². The number of nitrogens with one attached hydrogen (secondary N) is 1. The van der Waals surface area contributed by atoms with Crippen molar-refractivity contribution in [3.63, 3.8) is 0 Å². The Balaban J connectivity index is 2.01. The lowest BCUT2D eigenvalue weighted by Gasteiger charge is -2.35. The van der Waals surface area contributed by atoms with E-state index in [1.54, 1.807) is 0 Å². The molecule has 1 N–H and O–H groups in total. The van der Waals surface area contributed by atoms with E-state index in [2.05, 4.69) is 44.8 Å². The van der Waals surface area contributed by atoms with Crippen molar-refractivity contribution in [2.45, 2.75) is 46.6 Å². The highest BCUT2D eigenvalue weighted by molar-refractivity contribution is 5.84. The summed E-state index contributed by atoms with van der Waals surface area (Å²) in [5.74, 6) is 0.211. The van der Waals surface area contributed by atoms with Gasteiger partial charge >= 0.3 is 0 Å². The highest BCUT2D eigenvalue weighted by Gasteiger charge is 2.26. The second-order valence-corrected chi connectivity index (χ2v) is 6.91. The van der Waals surface area contributed by atoms with Gasteiger partial charge in [0.05, 0.1) is 0 Å². The minimum atomic E-state index is 0.102. The SMILES string of the molecule is C[C@H](N(C)C(=O)CCc1c[nH]c2ccccc12)C(C)(C)C. The van der Waals surface area contributed by atoms with Crippen molar-refractivity contribution in [1.29, 1.82) is 0 Å². The van der Waals surface area contributed by atoms with Gasteiger partial charge in [0.25, 0.3) is 0 Å². The van der Waals surface area contributed by atoms with Crippen LogP contribution in [0.2, 0.25) is 0 Å². The molecule has 0 spiro atoms. The standard InChI is InChI=1S/C18H26N2O/c1-13(18(2,3)4)20(5)17(21)11-10-14-12-19-16-9-7-6-8-15(14)16/h6-9,12-13,19H,10-11H2,1-5H3/t13-/m0/s1. The molecule has 0 aliphatic rings. The number of hydrogen-bond donors (Lipinski definition) is 1. The Morgan fingerprint density at radius 3 is 2.62 bits per heavy atom. The molecule has 1 atom stereocenters. The van der Waals surface area contributed by atoms with Crippen molar-refractivity contribution in [2.75, 3.05) is 7.05 Å². The van der Waals surface area contributed by atoms with Gasteiger partial charge in [0.15, 0.2) is 0 Å². The zero-order valence-electron chi connectivity index (χ0n) is 13.7. The van der Waals surface area contributed by atoms with Gasteiger partial charge in [0, 0.05) is 36.6 Å². The fourth-order valence-electron chi connectivity index (χ4n) is 2.55. The molecule has 1 heterocycles. The molecule has 1 aromatic carbocycles. The van der Waals surface area contributed by atoms with Gasteiger partial charge in [0.2, 0.25) is 5.91 Å². The summed E-state index contributed by atoms with van der Waals surface area (Å²) in [5, 5.41) is 1.22.